The van der Waals surface area contributed by atoms with Crippen LogP contribution in [0.5, 0.6) is 0 Å². The van der Waals surface area contributed by atoms with Crippen molar-refractivity contribution in [2.75, 3.05) is 0 Å². The van der Waals surface area contributed by atoms with Crippen LogP contribution < -0.4 is 0 Å². The first-order valence-electron chi connectivity index (χ1n) is 10.3. The van der Waals surface area contributed by atoms with Crippen LogP contribution in [0.3, 0.4) is 0 Å². The molecule has 1 fully saturated rings. The lowest BCUT2D eigenvalue weighted by Gasteiger charge is -2.31. The summed E-state index contributed by atoms with van der Waals surface area (Å²) in [7, 11) is 0. The summed E-state index contributed by atoms with van der Waals surface area (Å²) in [5.41, 5.74) is 2.10. The quantitative estimate of drug-likeness (QED) is 0.411. The van der Waals surface area contributed by atoms with E-state index < -0.39 is 5.91 Å². The standard InChI is InChI=1S/C25H22N2O4/c1-15-21(24(29)27(19-5-3-4-6-19)25(30)22(15)14-26)13-20-11-12-23(31-20)18-9-7-17(8-10-18)16(2)28/h7-13,19H,3-6H2,1-2H3/b21-13+. The average molecular weight is 414 g/mol. The minimum atomic E-state index is -0.500. The van der Waals surface area contributed by atoms with Gasteiger partial charge >= 0.3 is 0 Å². The first kappa shape index (κ1) is 20.5. The molecule has 0 radical (unpaired) electrons. The molecule has 0 saturated heterocycles. The van der Waals surface area contributed by atoms with Crippen LogP contribution in [0.1, 0.15) is 55.6 Å². The minimum Gasteiger partial charge on any atom is -0.457 e. The number of carbonyl (C=O) groups excluding carboxylic acids is 3. The van der Waals surface area contributed by atoms with Gasteiger partial charge in [-0.15, -0.1) is 0 Å². The molecule has 0 unspecified atom stereocenters. The Morgan fingerprint density at radius 3 is 2.39 bits per heavy atom. The van der Waals surface area contributed by atoms with E-state index in [4.69, 9.17) is 4.42 Å². The molecule has 1 aliphatic heterocycles. The summed E-state index contributed by atoms with van der Waals surface area (Å²) in [6, 6.07) is 12.4. The fourth-order valence-corrected chi connectivity index (χ4v) is 4.19. The maximum atomic E-state index is 13.2. The van der Waals surface area contributed by atoms with E-state index in [1.807, 2.05) is 6.07 Å². The molecule has 2 aliphatic rings. The molecule has 2 aromatic rings. The molecule has 0 spiro atoms. The van der Waals surface area contributed by atoms with E-state index in [1.54, 1.807) is 49.4 Å². The van der Waals surface area contributed by atoms with Crippen molar-refractivity contribution in [2.24, 2.45) is 0 Å². The van der Waals surface area contributed by atoms with Gasteiger partial charge in [0.05, 0.1) is 0 Å². The van der Waals surface area contributed by atoms with Crippen molar-refractivity contribution in [3.8, 4) is 17.4 Å². The molecule has 2 amide bonds. The summed E-state index contributed by atoms with van der Waals surface area (Å²) >= 11 is 0. The van der Waals surface area contributed by atoms with E-state index >= 15 is 0 Å². The van der Waals surface area contributed by atoms with Crippen molar-refractivity contribution >= 4 is 23.7 Å². The number of imide groups is 1. The Kier molecular flexibility index (Phi) is 5.43. The van der Waals surface area contributed by atoms with Gasteiger partial charge < -0.3 is 4.42 Å². The van der Waals surface area contributed by atoms with Crippen molar-refractivity contribution in [3.63, 3.8) is 0 Å². The molecule has 0 atom stereocenters. The number of benzene rings is 1. The molecule has 6 heteroatoms. The van der Waals surface area contributed by atoms with Crippen LogP contribution in [0, 0.1) is 11.3 Å². The Balaban J connectivity index is 1.69. The summed E-state index contributed by atoms with van der Waals surface area (Å²) in [5.74, 6) is 0.156. The van der Waals surface area contributed by atoms with E-state index in [0.717, 1.165) is 31.2 Å². The van der Waals surface area contributed by atoms with Gasteiger partial charge in [-0.1, -0.05) is 37.1 Å². The Morgan fingerprint density at radius 1 is 1.10 bits per heavy atom. The van der Waals surface area contributed by atoms with Crippen LogP contribution in [0.4, 0.5) is 0 Å². The Morgan fingerprint density at radius 2 is 1.77 bits per heavy atom. The molecule has 2 heterocycles. The van der Waals surface area contributed by atoms with Gasteiger partial charge in [0.1, 0.15) is 23.2 Å². The van der Waals surface area contributed by atoms with Gasteiger partial charge in [0.25, 0.3) is 11.8 Å². The summed E-state index contributed by atoms with van der Waals surface area (Å²) in [6.45, 7) is 3.13. The highest BCUT2D eigenvalue weighted by Gasteiger charge is 2.40. The van der Waals surface area contributed by atoms with Crippen molar-refractivity contribution < 1.29 is 18.8 Å². The third-order valence-corrected chi connectivity index (χ3v) is 5.95. The number of nitriles is 1. The van der Waals surface area contributed by atoms with E-state index in [2.05, 4.69) is 0 Å². The van der Waals surface area contributed by atoms with Crippen LogP contribution >= 0.6 is 0 Å². The normalized spacial score (nSPS) is 18.7. The van der Waals surface area contributed by atoms with Crippen molar-refractivity contribution in [1.82, 2.24) is 4.90 Å². The molecular weight excluding hydrogens is 392 g/mol. The van der Waals surface area contributed by atoms with Gasteiger partial charge in [0, 0.05) is 22.7 Å². The van der Waals surface area contributed by atoms with Crippen LogP contribution in [0.25, 0.3) is 17.4 Å². The largest absolute Gasteiger partial charge is 0.457 e. The monoisotopic (exact) mass is 414 g/mol. The predicted octanol–water partition coefficient (Wildman–Crippen LogP) is 4.68. The zero-order valence-electron chi connectivity index (χ0n) is 17.5. The van der Waals surface area contributed by atoms with Crippen LogP contribution in [-0.4, -0.2) is 28.5 Å². The number of nitrogens with zero attached hydrogens (tertiary/aromatic N) is 2. The molecule has 0 bridgehead atoms. The second-order valence-corrected chi connectivity index (χ2v) is 7.92. The summed E-state index contributed by atoms with van der Waals surface area (Å²) in [6.07, 6.45) is 5.06. The summed E-state index contributed by atoms with van der Waals surface area (Å²) in [5, 5.41) is 9.54. The second-order valence-electron chi connectivity index (χ2n) is 7.92. The third-order valence-electron chi connectivity index (χ3n) is 5.95. The summed E-state index contributed by atoms with van der Waals surface area (Å²) in [4.78, 5) is 38.7. The van der Waals surface area contributed by atoms with E-state index in [1.165, 1.54) is 11.8 Å². The Hall–Kier alpha value is -3.72. The first-order chi connectivity index (χ1) is 14.9. The van der Waals surface area contributed by atoms with Gasteiger partial charge in [-0.05, 0) is 50.5 Å². The van der Waals surface area contributed by atoms with Crippen LogP contribution in [-0.2, 0) is 9.59 Å². The maximum Gasteiger partial charge on any atom is 0.271 e. The van der Waals surface area contributed by atoms with E-state index in [-0.39, 0.29) is 23.3 Å². The Labute approximate surface area is 180 Å². The fourth-order valence-electron chi connectivity index (χ4n) is 4.19. The molecule has 6 nitrogen and oxygen atoms in total. The molecule has 1 saturated carbocycles. The lowest BCUT2D eigenvalue weighted by atomic mass is 9.93. The molecule has 156 valence electrons. The predicted molar refractivity (Wildman–Crippen MR) is 115 cm³/mol. The lowest BCUT2D eigenvalue weighted by Crippen LogP contribution is -2.47. The number of rotatable bonds is 4. The molecule has 0 N–H and O–H groups in total. The maximum absolute atomic E-state index is 13.2. The summed E-state index contributed by atoms with van der Waals surface area (Å²) < 4.78 is 5.90. The smallest absolute Gasteiger partial charge is 0.271 e. The fraction of sp³-hybridized carbons (Fsp3) is 0.280. The van der Waals surface area contributed by atoms with Crippen molar-refractivity contribution in [2.45, 2.75) is 45.6 Å². The SMILES string of the molecule is CC(=O)c1ccc(-c2ccc(/C=C3/C(=O)N(C4CCCC4)C(=O)C(C#N)=C3C)o2)cc1. The number of amides is 2. The molecule has 1 aromatic carbocycles. The zero-order chi connectivity index (χ0) is 22.1. The topological polar surface area (TPSA) is 91.4 Å². The average Bonchev–Trinajstić information content (AvgIpc) is 3.44. The van der Waals surface area contributed by atoms with Gasteiger partial charge in [-0.2, -0.15) is 5.26 Å². The molecular formula is C25H22N2O4. The minimum absolute atomic E-state index is 0.00403. The van der Waals surface area contributed by atoms with Crippen LogP contribution in [0.2, 0.25) is 0 Å². The first-order valence-corrected chi connectivity index (χ1v) is 10.3. The molecule has 4 rings (SSSR count). The molecule has 1 aliphatic carbocycles. The van der Waals surface area contributed by atoms with Gasteiger partial charge in [0.2, 0.25) is 0 Å². The Bertz CT molecular complexity index is 1170. The number of hydrogen-bond donors (Lipinski definition) is 0. The third kappa shape index (κ3) is 3.75. The number of ketones is 1. The number of hydrogen-bond acceptors (Lipinski definition) is 5. The highest BCUT2D eigenvalue weighted by molar-refractivity contribution is 6.19. The highest BCUT2D eigenvalue weighted by atomic mass is 16.3. The number of furan rings is 1. The van der Waals surface area contributed by atoms with Crippen molar-refractivity contribution in [3.05, 3.63) is 64.4 Å². The van der Waals surface area contributed by atoms with E-state index in [9.17, 15) is 19.6 Å². The highest BCUT2D eigenvalue weighted by Crippen LogP contribution is 2.33. The molecule has 1 aromatic heterocycles. The van der Waals surface area contributed by atoms with E-state index in [0.29, 0.717) is 28.2 Å². The molecule has 31 heavy (non-hydrogen) atoms. The number of Topliss-reactive ketones (excluding diaryl/α,β-unsaturated/α-hetero) is 1. The second kappa shape index (κ2) is 8.19. The number of carbonyl (C=O) groups is 3. The van der Waals surface area contributed by atoms with Gasteiger partial charge in [-0.3, -0.25) is 19.3 Å². The zero-order valence-corrected chi connectivity index (χ0v) is 17.5. The van der Waals surface area contributed by atoms with Crippen LogP contribution in [0.15, 0.2) is 57.5 Å². The van der Waals surface area contributed by atoms with Gasteiger partial charge in [-0.25, -0.2) is 0 Å². The lowest BCUT2D eigenvalue weighted by molar-refractivity contribution is -0.143. The van der Waals surface area contributed by atoms with Gasteiger partial charge in [0.15, 0.2) is 5.78 Å². The van der Waals surface area contributed by atoms with Crippen molar-refractivity contribution in [1.29, 1.82) is 5.26 Å².